The van der Waals surface area contributed by atoms with E-state index in [-0.39, 0.29) is 11.6 Å². The number of hydrogen-bond donors (Lipinski definition) is 2. The molecule has 152 valence electrons. The quantitative estimate of drug-likeness (QED) is 0.374. The Kier molecular flexibility index (Phi) is 6.16. The number of benzene rings is 2. The van der Waals surface area contributed by atoms with E-state index in [1.54, 1.807) is 24.4 Å². The molecule has 2 aromatic carbocycles. The van der Waals surface area contributed by atoms with E-state index in [2.05, 4.69) is 20.8 Å². The molecule has 0 fully saturated rings. The maximum absolute atomic E-state index is 12.3. The van der Waals surface area contributed by atoms with E-state index in [0.29, 0.717) is 28.9 Å². The average molecular weight is 441 g/mol. The summed E-state index contributed by atoms with van der Waals surface area (Å²) in [6.45, 7) is 1.20. The summed E-state index contributed by atoms with van der Waals surface area (Å²) in [6, 6.07) is 16.3. The first-order valence-corrected chi connectivity index (χ1v) is 10.1. The maximum Gasteiger partial charge on any atom is 0.273 e. The number of anilines is 1. The average Bonchev–Trinajstić information content (AvgIpc) is 3.24. The number of carbonyl (C=O) groups excluding carboxylic acids is 1. The van der Waals surface area contributed by atoms with Gasteiger partial charge in [0.2, 0.25) is 0 Å². The van der Waals surface area contributed by atoms with Gasteiger partial charge in [-0.25, -0.2) is 0 Å². The van der Waals surface area contributed by atoms with Crippen molar-refractivity contribution < 1.29 is 9.32 Å². The summed E-state index contributed by atoms with van der Waals surface area (Å²) in [5.41, 5.74) is 2.86. The molecule has 0 saturated carbocycles. The molecular formula is C22H18Cl2N4O2. The van der Waals surface area contributed by atoms with Crippen molar-refractivity contribution in [3.63, 3.8) is 0 Å². The zero-order chi connectivity index (χ0) is 20.9. The van der Waals surface area contributed by atoms with Crippen LogP contribution in [0.3, 0.4) is 0 Å². The van der Waals surface area contributed by atoms with Gasteiger partial charge in [-0.1, -0.05) is 28.4 Å². The Balaban J connectivity index is 1.27. The summed E-state index contributed by atoms with van der Waals surface area (Å²) in [4.78, 5) is 16.6. The molecular weight excluding hydrogens is 423 g/mol. The van der Waals surface area contributed by atoms with Gasteiger partial charge in [-0.2, -0.15) is 0 Å². The lowest BCUT2D eigenvalue weighted by Crippen LogP contribution is -2.26. The molecule has 0 unspecified atom stereocenters. The molecule has 0 aliphatic carbocycles. The van der Waals surface area contributed by atoms with Crippen molar-refractivity contribution in [1.29, 1.82) is 0 Å². The number of halogens is 2. The molecule has 0 radical (unpaired) electrons. The molecule has 1 amide bonds. The number of nitrogens with zero attached hydrogens (tertiary/aromatic N) is 2. The van der Waals surface area contributed by atoms with E-state index in [9.17, 15) is 4.79 Å². The summed E-state index contributed by atoms with van der Waals surface area (Å²) in [5, 5.41) is 12.4. The lowest BCUT2D eigenvalue weighted by Gasteiger charge is -2.09. The van der Waals surface area contributed by atoms with Gasteiger partial charge >= 0.3 is 0 Å². The smallest absolute Gasteiger partial charge is 0.273 e. The minimum atomic E-state index is -0.275. The fourth-order valence-electron chi connectivity index (χ4n) is 3.01. The van der Waals surface area contributed by atoms with Crippen molar-refractivity contribution in [2.45, 2.75) is 6.42 Å². The standard InChI is InChI=1S/C22H18Cl2N4O2/c23-15-4-2-14(3-5-15)21-13-20(28-30-21)22(29)27-10-1-9-25-18-8-11-26-19-12-16(24)6-7-17(18)19/h2-8,11-13H,1,9-10H2,(H,25,26)(H,27,29). The maximum atomic E-state index is 12.3. The van der Waals surface area contributed by atoms with Gasteiger partial charge in [-0.3, -0.25) is 9.78 Å². The summed E-state index contributed by atoms with van der Waals surface area (Å²) >= 11 is 11.9. The fraction of sp³-hybridized carbons (Fsp3) is 0.136. The van der Waals surface area contributed by atoms with E-state index in [0.717, 1.165) is 28.6 Å². The van der Waals surface area contributed by atoms with Crippen molar-refractivity contribution in [2.24, 2.45) is 0 Å². The number of rotatable bonds is 7. The molecule has 2 aromatic heterocycles. The molecule has 0 spiro atoms. The monoisotopic (exact) mass is 440 g/mol. The zero-order valence-electron chi connectivity index (χ0n) is 15.9. The van der Waals surface area contributed by atoms with Gasteiger partial charge < -0.3 is 15.2 Å². The SMILES string of the molecule is O=C(NCCCNc1ccnc2cc(Cl)ccc12)c1cc(-c2ccc(Cl)cc2)on1. The second-order valence-corrected chi connectivity index (χ2v) is 7.51. The van der Waals surface area contributed by atoms with Crippen LogP contribution in [0.2, 0.25) is 10.0 Å². The highest BCUT2D eigenvalue weighted by atomic mass is 35.5. The van der Waals surface area contributed by atoms with Crippen LogP contribution in [0.4, 0.5) is 5.69 Å². The summed E-state index contributed by atoms with van der Waals surface area (Å²) in [7, 11) is 0. The predicted octanol–water partition coefficient (Wildman–Crippen LogP) is 5.43. The third-order valence-corrected chi connectivity index (χ3v) is 5.02. The molecule has 4 aromatic rings. The van der Waals surface area contributed by atoms with Gasteiger partial charge in [-0.15, -0.1) is 0 Å². The van der Waals surface area contributed by atoms with Crippen LogP contribution in [0.1, 0.15) is 16.9 Å². The molecule has 30 heavy (non-hydrogen) atoms. The number of aromatic nitrogens is 2. The fourth-order valence-corrected chi connectivity index (χ4v) is 3.30. The zero-order valence-corrected chi connectivity index (χ0v) is 17.4. The van der Waals surface area contributed by atoms with Crippen molar-refractivity contribution in [2.75, 3.05) is 18.4 Å². The molecule has 6 nitrogen and oxygen atoms in total. The highest BCUT2D eigenvalue weighted by Gasteiger charge is 2.13. The van der Waals surface area contributed by atoms with Crippen LogP contribution in [0.25, 0.3) is 22.2 Å². The number of amides is 1. The molecule has 0 atom stereocenters. The van der Waals surface area contributed by atoms with Gasteiger partial charge in [0.15, 0.2) is 11.5 Å². The van der Waals surface area contributed by atoms with Crippen LogP contribution in [0.5, 0.6) is 0 Å². The van der Waals surface area contributed by atoms with E-state index < -0.39 is 0 Å². The summed E-state index contributed by atoms with van der Waals surface area (Å²) in [5.74, 6) is 0.242. The molecule has 2 heterocycles. The number of nitrogens with one attached hydrogen (secondary N) is 2. The van der Waals surface area contributed by atoms with Crippen molar-refractivity contribution in [1.82, 2.24) is 15.5 Å². The lowest BCUT2D eigenvalue weighted by molar-refractivity contribution is 0.0944. The van der Waals surface area contributed by atoms with E-state index in [4.69, 9.17) is 27.7 Å². The van der Waals surface area contributed by atoms with Crippen LogP contribution in [0.15, 0.2) is 65.3 Å². The predicted molar refractivity (Wildman–Crippen MR) is 119 cm³/mol. The largest absolute Gasteiger partial charge is 0.384 e. The van der Waals surface area contributed by atoms with Crippen LogP contribution in [-0.4, -0.2) is 29.1 Å². The molecule has 0 saturated heterocycles. The number of carbonyl (C=O) groups is 1. The topological polar surface area (TPSA) is 80.0 Å². The molecule has 8 heteroatoms. The third kappa shape index (κ3) is 4.72. The van der Waals surface area contributed by atoms with Crippen molar-refractivity contribution in [3.05, 3.63) is 76.5 Å². The number of fused-ring (bicyclic) bond motifs is 1. The van der Waals surface area contributed by atoms with E-state index in [1.807, 2.05) is 36.4 Å². The number of pyridine rings is 1. The van der Waals surface area contributed by atoms with E-state index in [1.165, 1.54) is 0 Å². The Morgan fingerprint density at radius 2 is 1.77 bits per heavy atom. The normalized spacial score (nSPS) is 10.9. The summed E-state index contributed by atoms with van der Waals surface area (Å²) < 4.78 is 5.26. The van der Waals surface area contributed by atoms with Gasteiger partial charge in [0.05, 0.1) is 5.52 Å². The van der Waals surface area contributed by atoms with Gasteiger partial charge in [0, 0.05) is 52.0 Å². The lowest BCUT2D eigenvalue weighted by atomic mass is 10.1. The van der Waals surface area contributed by atoms with Gasteiger partial charge in [0.25, 0.3) is 5.91 Å². The van der Waals surface area contributed by atoms with Crippen LogP contribution < -0.4 is 10.6 Å². The Bertz CT molecular complexity index is 1180. The third-order valence-electron chi connectivity index (χ3n) is 4.53. The minimum absolute atomic E-state index is 0.241. The van der Waals surface area contributed by atoms with Gasteiger partial charge in [0.1, 0.15) is 0 Å². The Morgan fingerprint density at radius 3 is 2.60 bits per heavy atom. The first kappa shape index (κ1) is 20.2. The first-order chi connectivity index (χ1) is 14.6. The molecule has 4 rings (SSSR count). The molecule has 2 N–H and O–H groups in total. The van der Waals surface area contributed by atoms with Crippen molar-refractivity contribution in [3.8, 4) is 11.3 Å². The highest BCUT2D eigenvalue weighted by Crippen LogP contribution is 2.24. The Hall–Kier alpha value is -3.09. The number of hydrogen-bond acceptors (Lipinski definition) is 5. The summed E-state index contributed by atoms with van der Waals surface area (Å²) in [6.07, 6.45) is 2.48. The second-order valence-electron chi connectivity index (χ2n) is 6.64. The van der Waals surface area contributed by atoms with Crippen LogP contribution in [-0.2, 0) is 0 Å². The van der Waals surface area contributed by atoms with E-state index >= 15 is 0 Å². The Labute approximate surface area is 183 Å². The molecule has 0 aliphatic heterocycles. The first-order valence-electron chi connectivity index (χ1n) is 9.39. The Morgan fingerprint density at radius 1 is 0.967 bits per heavy atom. The van der Waals surface area contributed by atoms with Crippen LogP contribution >= 0.6 is 23.2 Å². The molecule has 0 aliphatic rings. The van der Waals surface area contributed by atoms with Crippen LogP contribution in [0, 0.1) is 0 Å². The minimum Gasteiger partial charge on any atom is -0.384 e. The molecule has 0 bridgehead atoms. The second kappa shape index (κ2) is 9.15. The highest BCUT2D eigenvalue weighted by molar-refractivity contribution is 6.31. The van der Waals surface area contributed by atoms with Crippen molar-refractivity contribution >= 4 is 45.7 Å². The van der Waals surface area contributed by atoms with Gasteiger partial charge in [-0.05, 0) is 55.0 Å².